The number of nitrogens with one attached hydrogen (secondary N) is 1. The summed E-state index contributed by atoms with van der Waals surface area (Å²) in [5.74, 6) is 1.08. The van der Waals surface area contributed by atoms with Crippen molar-refractivity contribution in [2.24, 2.45) is 4.99 Å². The molecule has 1 aromatic carbocycles. The molecule has 0 atom stereocenters. The Kier molecular flexibility index (Phi) is 6.18. The highest BCUT2D eigenvalue weighted by Crippen LogP contribution is 2.33. The van der Waals surface area contributed by atoms with Crippen molar-refractivity contribution in [2.45, 2.75) is 0 Å². The second kappa shape index (κ2) is 8.57. The van der Waals surface area contributed by atoms with Gasteiger partial charge in [0.1, 0.15) is 6.54 Å². The van der Waals surface area contributed by atoms with Crippen LogP contribution in [0.15, 0.2) is 28.1 Å². The number of ether oxygens (including phenoxy) is 2. The third-order valence-electron chi connectivity index (χ3n) is 4.52. The molecule has 0 aromatic heterocycles. The van der Waals surface area contributed by atoms with Gasteiger partial charge in [-0.1, -0.05) is 6.07 Å². The number of aliphatic imine (C=N–C) groups is 1. The molecule has 8 heteroatoms. The van der Waals surface area contributed by atoms with E-state index in [4.69, 9.17) is 14.6 Å². The van der Waals surface area contributed by atoms with E-state index < -0.39 is 0 Å². The lowest BCUT2D eigenvalue weighted by Gasteiger charge is -2.32. The summed E-state index contributed by atoms with van der Waals surface area (Å²) in [7, 11) is 3.18. The zero-order valence-corrected chi connectivity index (χ0v) is 15.8. The zero-order valence-electron chi connectivity index (χ0n) is 15.0. The van der Waals surface area contributed by atoms with Crippen LogP contribution in [0, 0.1) is 0 Å². The lowest BCUT2D eigenvalue weighted by Crippen LogP contribution is -3.15. The van der Waals surface area contributed by atoms with Gasteiger partial charge >= 0.3 is 0 Å². The van der Waals surface area contributed by atoms with Crippen LogP contribution in [0.2, 0.25) is 0 Å². The molecular weight excluding hydrogens is 354 g/mol. The first-order valence-electron chi connectivity index (χ1n) is 8.58. The number of rotatable bonds is 5. The normalized spacial score (nSPS) is 19.8. The van der Waals surface area contributed by atoms with Gasteiger partial charge < -0.3 is 24.4 Å². The van der Waals surface area contributed by atoms with Crippen LogP contribution >= 0.6 is 11.8 Å². The highest BCUT2D eigenvalue weighted by Gasteiger charge is 2.29. The first-order valence-corrected chi connectivity index (χ1v) is 9.40. The Morgan fingerprint density at radius 2 is 2.00 bits per heavy atom. The number of hydrogen-bond acceptors (Lipinski definition) is 6. The number of amides is 1. The SMILES string of the molecule is COc1ccc(/C=C2\SC(N3CC[NH+](CCO)CC3)=NC2=O)cc1OC. The van der Waals surface area contributed by atoms with Crippen LogP contribution in [0.25, 0.3) is 6.08 Å². The standard InChI is InChI=1S/C18H23N3O4S/c1-24-14-4-3-13(11-15(14)25-2)12-16-17(23)19-18(26-16)21-7-5-20(6-8-21)9-10-22/h3-4,11-12,22H,5-10H2,1-2H3/p+1/b16-12-. The number of carbonyl (C=O) groups excluding carboxylic acids is 1. The number of carbonyl (C=O) groups is 1. The molecule has 0 unspecified atom stereocenters. The van der Waals surface area contributed by atoms with Crippen LogP contribution in [-0.4, -0.2) is 74.6 Å². The molecule has 0 aliphatic carbocycles. The third-order valence-corrected chi connectivity index (χ3v) is 5.57. The van der Waals surface area contributed by atoms with E-state index in [0.29, 0.717) is 16.4 Å². The monoisotopic (exact) mass is 378 g/mol. The molecule has 0 bridgehead atoms. The number of hydrogen-bond donors (Lipinski definition) is 2. The number of aliphatic hydroxyl groups is 1. The van der Waals surface area contributed by atoms with Gasteiger partial charge in [0, 0.05) is 0 Å². The average Bonchev–Trinajstić information content (AvgIpc) is 3.03. The minimum atomic E-state index is -0.204. The smallest absolute Gasteiger partial charge is 0.286 e. The first-order chi connectivity index (χ1) is 12.6. The molecular formula is C18H24N3O4S+. The zero-order chi connectivity index (χ0) is 18.5. The molecule has 0 spiro atoms. The summed E-state index contributed by atoms with van der Waals surface area (Å²) in [4.78, 5) is 20.6. The maximum Gasteiger partial charge on any atom is 0.286 e. The summed E-state index contributed by atoms with van der Waals surface area (Å²) in [6, 6.07) is 5.55. The Morgan fingerprint density at radius 1 is 1.27 bits per heavy atom. The van der Waals surface area contributed by atoms with E-state index >= 15 is 0 Å². The van der Waals surface area contributed by atoms with Crippen LogP contribution in [0.3, 0.4) is 0 Å². The van der Waals surface area contributed by atoms with Gasteiger partial charge in [0.2, 0.25) is 0 Å². The number of piperazine rings is 1. The lowest BCUT2D eigenvalue weighted by atomic mass is 10.2. The first kappa shape index (κ1) is 18.8. The van der Waals surface area contributed by atoms with Crippen molar-refractivity contribution >= 4 is 28.9 Å². The molecule has 1 amide bonds. The Hall–Kier alpha value is -2.03. The highest BCUT2D eigenvalue weighted by molar-refractivity contribution is 8.18. The molecule has 2 aliphatic heterocycles. The van der Waals surface area contributed by atoms with Gasteiger partial charge in [-0.15, -0.1) is 0 Å². The summed E-state index contributed by atoms with van der Waals surface area (Å²) in [5.41, 5.74) is 0.868. The second-order valence-corrected chi connectivity index (χ2v) is 7.14. The van der Waals surface area contributed by atoms with Crippen LogP contribution in [-0.2, 0) is 4.79 Å². The number of quaternary nitrogens is 1. The van der Waals surface area contributed by atoms with Crippen molar-refractivity contribution in [3.8, 4) is 11.5 Å². The molecule has 3 rings (SSSR count). The van der Waals surface area contributed by atoms with E-state index in [2.05, 4.69) is 9.89 Å². The molecule has 1 fully saturated rings. The minimum Gasteiger partial charge on any atom is -0.493 e. The average molecular weight is 378 g/mol. The molecule has 2 heterocycles. The van der Waals surface area contributed by atoms with Crippen molar-refractivity contribution in [1.29, 1.82) is 0 Å². The summed E-state index contributed by atoms with van der Waals surface area (Å²) in [6.45, 7) is 4.57. The van der Waals surface area contributed by atoms with Gasteiger partial charge in [-0.2, -0.15) is 4.99 Å². The van der Waals surface area contributed by atoms with E-state index in [1.54, 1.807) is 14.2 Å². The number of nitrogens with zero attached hydrogens (tertiary/aromatic N) is 2. The van der Waals surface area contributed by atoms with Crippen molar-refractivity contribution in [3.05, 3.63) is 28.7 Å². The van der Waals surface area contributed by atoms with Crippen LogP contribution < -0.4 is 14.4 Å². The van der Waals surface area contributed by atoms with E-state index in [9.17, 15) is 4.79 Å². The topological polar surface area (TPSA) is 75.8 Å². The maximum absolute atomic E-state index is 12.3. The lowest BCUT2D eigenvalue weighted by molar-refractivity contribution is -0.904. The summed E-state index contributed by atoms with van der Waals surface area (Å²) < 4.78 is 10.6. The van der Waals surface area contributed by atoms with Gasteiger partial charge in [-0.05, 0) is 35.5 Å². The molecule has 2 N–H and O–H groups in total. The molecule has 2 aliphatic rings. The van der Waals surface area contributed by atoms with E-state index in [0.717, 1.165) is 43.5 Å². The van der Waals surface area contributed by atoms with Gasteiger partial charge in [0.25, 0.3) is 5.91 Å². The fourth-order valence-electron chi connectivity index (χ4n) is 3.05. The third kappa shape index (κ3) is 4.20. The summed E-state index contributed by atoms with van der Waals surface area (Å²) >= 11 is 1.41. The van der Waals surface area contributed by atoms with Gasteiger partial charge in [-0.3, -0.25) is 4.79 Å². The Labute approximate surface area is 157 Å². The van der Waals surface area contributed by atoms with Gasteiger partial charge in [0.05, 0.1) is 51.9 Å². The number of amidine groups is 1. The molecule has 26 heavy (non-hydrogen) atoms. The highest BCUT2D eigenvalue weighted by atomic mass is 32.2. The van der Waals surface area contributed by atoms with E-state index in [1.165, 1.54) is 16.7 Å². The molecule has 1 aromatic rings. The Balaban J connectivity index is 1.67. The van der Waals surface area contributed by atoms with Gasteiger partial charge in [0.15, 0.2) is 16.7 Å². The van der Waals surface area contributed by atoms with Gasteiger partial charge in [-0.25, -0.2) is 0 Å². The fourth-order valence-corrected chi connectivity index (χ4v) is 4.01. The predicted octanol–water partition coefficient (Wildman–Crippen LogP) is -0.133. The Bertz CT molecular complexity index is 727. The van der Waals surface area contributed by atoms with Crippen molar-refractivity contribution in [1.82, 2.24) is 4.90 Å². The summed E-state index contributed by atoms with van der Waals surface area (Å²) in [5, 5.41) is 9.81. The molecule has 140 valence electrons. The number of benzene rings is 1. The maximum atomic E-state index is 12.3. The number of thioether (sulfide) groups is 1. The molecule has 1 saturated heterocycles. The molecule has 0 saturated carbocycles. The minimum absolute atomic E-state index is 0.204. The van der Waals surface area contributed by atoms with Crippen molar-refractivity contribution < 1.29 is 24.3 Å². The van der Waals surface area contributed by atoms with Crippen LogP contribution in [0.4, 0.5) is 0 Å². The largest absolute Gasteiger partial charge is 0.493 e. The number of aliphatic hydroxyl groups excluding tert-OH is 1. The fraction of sp³-hybridized carbons (Fsp3) is 0.444. The van der Waals surface area contributed by atoms with Crippen LogP contribution in [0.5, 0.6) is 11.5 Å². The predicted molar refractivity (Wildman–Crippen MR) is 102 cm³/mol. The van der Waals surface area contributed by atoms with E-state index in [-0.39, 0.29) is 12.5 Å². The molecule has 0 radical (unpaired) electrons. The van der Waals surface area contributed by atoms with Crippen LogP contribution in [0.1, 0.15) is 5.56 Å². The quantitative estimate of drug-likeness (QED) is 0.695. The number of methoxy groups -OCH3 is 2. The molecule has 7 nitrogen and oxygen atoms in total. The second-order valence-electron chi connectivity index (χ2n) is 6.14. The Morgan fingerprint density at radius 3 is 2.65 bits per heavy atom. The van der Waals surface area contributed by atoms with Crippen molar-refractivity contribution in [3.63, 3.8) is 0 Å². The summed E-state index contributed by atoms with van der Waals surface area (Å²) in [6.07, 6.45) is 1.83. The van der Waals surface area contributed by atoms with E-state index in [1.807, 2.05) is 24.3 Å². The van der Waals surface area contributed by atoms with Crippen molar-refractivity contribution in [2.75, 3.05) is 53.6 Å².